The highest BCUT2D eigenvalue weighted by Gasteiger charge is 1.94. The van der Waals surface area contributed by atoms with Crippen LogP contribution in [0.15, 0.2) is 36.4 Å². The summed E-state index contributed by atoms with van der Waals surface area (Å²) in [5, 5.41) is 9.34. The van der Waals surface area contributed by atoms with Gasteiger partial charge in [0.25, 0.3) is 0 Å². The van der Waals surface area contributed by atoms with Gasteiger partial charge < -0.3 is 10.8 Å². The Morgan fingerprint density at radius 3 is 2.62 bits per heavy atom. The van der Waals surface area contributed by atoms with Crippen LogP contribution in [0.5, 0.6) is 0 Å². The van der Waals surface area contributed by atoms with Crippen molar-refractivity contribution < 1.29 is 5.11 Å². The fraction of sp³-hybridized carbons (Fsp3) is 0.273. The average Bonchev–Trinajstić information content (AvgIpc) is 2.17. The van der Waals surface area contributed by atoms with Crippen LogP contribution in [0.4, 0.5) is 0 Å². The van der Waals surface area contributed by atoms with Gasteiger partial charge in [0, 0.05) is 0 Å². The first-order valence-electron chi connectivity index (χ1n) is 4.44. The van der Waals surface area contributed by atoms with E-state index in [9.17, 15) is 5.11 Å². The Kier molecular flexibility index (Phi) is 4.23. The van der Waals surface area contributed by atoms with E-state index in [1.54, 1.807) is 6.08 Å². The maximum atomic E-state index is 9.34. The molecular formula is C11H15NO. The van der Waals surface area contributed by atoms with E-state index in [0.29, 0.717) is 13.0 Å². The lowest BCUT2D eigenvalue weighted by Crippen LogP contribution is -2.10. The molecule has 0 aliphatic carbocycles. The lowest BCUT2D eigenvalue weighted by molar-refractivity contribution is 0.216. The number of benzene rings is 1. The summed E-state index contributed by atoms with van der Waals surface area (Å²) in [6.07, 6.45) is 3.86. The minimum absolute atomic E-state index is 0.426. The molecule has 3 N–H and O–H groups in total. The fourth-order valence-corrected chi connectivity index (χ4v) is 1.05. The van der Waals surface area contributed by atoms with Crippen LogP contribution in [0.3, 0.4) is 0 Å². The van der Waals surface area contributed by atoms with Crippen LogP contribution in [0.1, 0.15) is 12.0 Å². The largest absolute Gasteiger partial charge is 0.389 e. The highest BCUT2D eigenvalue weighted by molar-refractivity contribution is 5.49. The van der Waals surface area contributed by atoms with Crippen LogP contribution < -0.4 is 5.73 Å². The second kappa shape index (κ2) is 5.51. The highest BCUT2D eigenvalue weighted by atomic mass is 16.3. The van der Waals surface area contributed by atoms with Crippen LogP contribution >= 0.6 is 0 Å². The highest BCUT2D eigenvalue weighted by Crippen LogP contribution is 2.02. The Bertz CT molecular complexity index is 256. The van der Waals surface area contributed by atoms with E-state index >= 15 is 0 Å². The summed E-state index contributed by atoms with van der Waals surface area (Å²) in [6.45, 7) is 0.514. The van der Waals surface area contributed by atoms with Gasteiger partial charge in [0.1, 0.15) is 0 Å². The summed E-state index contributed by atoms with van der Waals surface area (Å²) in [5.74, 6) is 0. The van der Waals surface area contributed by atoms with Crippen molar-refractivity contribution >= 4 is 6.08 Å². The van der Waals surface area contributed by atoms with Crippen molar-refractivity contribution in [2.75, 3.05) is 6.54 Å². The zero-order valence-electron chi connectivity index (χ0n) is 7.56. The maximum Gasteiger partial charge on any atom is 0.0736 e. The third kappa shape index (κ3) is 3.87. The van der Waals surface area contributed by atoms with Crippen molar-refractivity contribution in [1.82, 2.24) is 0 Å². The molecule has 13 heavy (non-hydrogen) atoms. The molecule has 0 aliphatic rings. The van der Waals surface area contributed by atoms with E-state index in [0.717, 1.165) is 5.56 Å². The Morgan fingerprint density at radius 1 is 1.31 bits per heavy atom. The second-order valence-electron chi connectivity index (χ2n) is 2.91. The van der Waals surface area contributed by atoms with Crippen molar-refractivity contribution in [2.45, 2.75) is 12.5 Å². The minimum Gasteiger partial charge on any atom is -0.389 e. The predicted octanol–water partition coefficient (Wildman–Crippen LogP) is 1.41. The Hall–Kier alpha value is -1.12. The van der Waals surface area contributed by atoms with Crippen molar-refractivity contribution in [3.05, 3.63) is 42.0 Å². The van der Waals surface area contributed by atoms with Gasteiger partial charge in [-0.3, -0.25) is 0 Å². The zero-order valence-corrected chi connectivity index (χ0v) is 7.56. The van der Waals surface area contributed by atoms with Gasteiger partial charge in [-0.25, -0.2) is 0 Å². The number of hydrogen-bond acceptors (Lipinski definition) is 2. The topological polar surface area (TPSA) is 46.2 Å². The maximum absolute atomic E-state index is 9.34. The lowest BCUT2D eigenvalue weighted by Gasteiger charge is -2.01. The van der Waals surface area contributed by atoms with Crippen LogP contribution in [0.25, 0.3) is 6.08 Å². The number of nitrogens with two attached hydrogens (primary N) is 1. The molecule has 2 heteroatoms. The third-order valence-corrected chi connectivity index (χ3v) is 1.77. The molecule has 0 fully saturated rings. The molecule has 0 saturated heterocycles. The Morgan fingerprint density at radius 2 is 2.00 bits per heavy atom. The average molecular weight is 177 g/mol. The summed E-state index contributed by atoms with van der Waals surface area (Å²) < 4.78 is 0. The molecule has 0 heterocycles. The second-order valence-corrected chi connectivity index (χ2v) is 2.91. The van der Waals surface area contributed by atoms with E-state index in [1.807, 2.05) is 36.4 Å². The minimum atomic E-state index is -0.426. The van der Waals surface area contributed by atoms with Crippen LogP contribution in [0, 0.1) is 0 Å². The van der Waals surface area contributed by atoms with Gasteiger partial charge in [-0.2, -0.15) is 0 Å². The summed E-state index contributed by atoms with van der Waals surface area (Å²) in [7, 11) is 0. The Balaban J connectivity index is 2.49. The van der Waals surface area contributed by atoms with Crippen molar-refractivity contribution in [2.24, 2.45) is 5.73 Å². The first-order valence-corrected chi connectivity index (χ1v) is 4.44. The van der Waals surface area contributed by atoms with E-state index < -0.39 is 6.10 Å². The Labute approximate surface area is 78.7 Å². The molecule has 2 nitrogen and oxygen atoms in total. The van der Waals surface area contributed by atoms with E-state index in [2.05, 4.69) is 0 Å². The van der Waals surface area contributed by atoms with Gasteiger partial charge in [0.05, 0.1) is 6.10 Å². The molecule has 0 amide bonds. The molecule has 1 aromatic carbocycles. The molecule has 0 radical (unpaired) electrons. The standard InChI is InChI=1S/C11H15NO/c12-9-8-11(13)7-6-10-4-2-1-3-5-10/h1-7,11,13H,8-9,12H2/b7-6+/t11-/m0/s1. The zero-order chi connectivity index (χ0) is 9.52. The van der Waals surface area contributed by atoms with Crippen LogP contribution in [0.2, 0.25) is 0 Å². The number of aliphatic hydroxyl groups excluding tert-OH is 1. The molecule has 1 atom stereocenters. The molecule has 0 spiro atoms. The van der Waals surface area contributed by atoms with Crippen molar-refractivity contribution in [1.29, 1.82) is 0 Å². The molecule has 0 saturated carbocycles. The third-order valence-electron chi connectivity index (χ3n) is 1.77. The number of aliphatic hydroxyl groups is 1. The first kappa shape index (κ1) is 9.96. The molecule has 0 aliphatic heterocycles. The summed E-state index contributed by atoms with van der Waals surface area (Å²) in [6, 6.07) is 9.88. The summed E-state index contributed by atoms with van der Waals surface area (Å²) >= 11 is 0. The van der Waals surface area contributed by atoms with Crippen LogP contribution in [-0.2, 0) is 0 Å². The van der Waals surface area contributed by atoms with Gasteiger partial charge in [-0.05, 0) is 18.5 Å². The smallest absolute Gasteiger partial charge is 0.0736 e. The molecule has 70 valence electrons. The van der Waals surface area contributed by atoms with Gasteiger partial charge in [0.15, 0.2) is 0 Å². The summed E-state index contributed by atoms with van der Waals surface area (Å²) in [4.78, 5) is 0. The quantitative estimate of drug-likeness (QED) is 0.730. The molecule has 0 aromatic heterocycles. The molecule has 1 aromatic rings. The van der Waals surface area contributed by atoms with Crippen molar-refractivity contribution in [3.8, 4) is 0 Å². The van der Waals surface area contributed by atoms with Gasteiger partial charge in [-0.15, -0.1) is 0 Å². The van der Waals surface area contributed by atoms with E-state index in [-0.39, 0.29) is 0 Å². The monoisotopic (exact) mass is 177 g/mol. The molecule has 1 rings (SSSR count). The number of hydrogen-bond donors (Lipinski definition) is 2. The normalized spacial score (nSPS) is 13.4. The van der Waals surface area contributed by atoms with Gasteiger partial charge in [0.2, 0.25) is 0 Å². The fourth-order valence-electron chi connectivity index (χ4n) is 1.05. The lowest BCUT2D eigenvalue weighted by atomic mass is 10.1. The molecule has 0 bridgehead atoms. The molecule has 0 unspecified atom stereocenters. The predicted molar refractivity (Wildman–Crippen MR) is 55.2 cm³/mol. The molecular weight excluding hydrogens is 162 g/mol. The van der Waals surface area contributed by atoms with Gasteiger partial charge in [-0.1, -0.05) is 42.5 Å². The van der Waals surface area contributed by atoms with Crippen LogP contribution in [-0.4, -0.2) is 17.8 Å². The first-order chi connectivity index (χ1) is 6.33. The number of rotatable bonds is 4. The summed E-state index contributed by atoms with van der Waals surface area (Å²) in [5.41, 5.74) is 6.40. The SMILES string of the molecule is NCC[C@@H](O)/C=C/c1ccccc1. The van der Waals surface area contributed by atoms with Gasteiger partial charge >= 0.3 is 0 Å². The van der Waals surface area contributed by atoms with Crippen molar-refractivity contribution in [3.63, 3.8) is 0 Å². The van der Waals surface area contributed by atoms with E-state index in [1.165, 1.54) is 0 Å². The van der Waals surface area contributed by atoms with E-state index in [4.69, 9.17) is 5.73 Å².